The highest BCUT2D eigenvalue weighted by molar-refractivity contribution is 5.94. The molecule has 4 nitrogen and oxygen atoms in total. The molecule has 0 spiro atoms. The highest BCUT2D eigenvalue weighted by Gasteiger charge is 2.12. The highest BCUT2D eigenvalue weighted by atomic mass is 16.2. The normalized spacial score (nSPS) is 10.2. The van der Waals surface area contributed by atoms with Crippen LogP contribution in [0.2, 0.25) is 0 Å². The van der Waals surface area contributed by atoms with Crippen LogP contribution in [0.1, 0.15) is 22.3 Å². The molecule has 1 N–H and O–H groups in total. The number of hydrogen-bond acceptors (Lipinski definition) is 2. The van der Waals surface area contributed by atoms with E-state index in [1.165, 1.54) is 4.90 Å². The Morgan fingerprint density at radius 2 is 1.61 bits per heavy atom. The Labute approximate surface area is 137 Å². The fourth-order valence-corrected chi connectivity index (χ4v) is 2.51. The first-order valence-corrected chi connectivity index (χ1v) is 7.61. The number of hydrogen-bond donors (Lipinski definition) is 1. The van der Waals surface area contributed by atoms with E-state index in [2.05, 4.69) is 5.32 Å². The number of nitrogens with one attached hydrogen (secondary N) is 1. The van der Waals surface area contributed by atoms with E-state index in [0.717, 1.165) is 34.4 Å². The zero-order valence-electron chi connectivity index (χ0n) is 13.8. The summed E-state index contributed by atoms with van der Waals surface area (Å²) in [6.07, 6.45) is 0.719. The van der Waals surface area contributed by atoms with E-state index in [4.69, 9.17) is 0 Å². The van der Waals surface area contributed by atoms with Crippen LogP contribution in [0.3, 0.4) is 0 Å². The Balaban J connectivity index is 2.03. The highest BCUT2D eigenvalue weighted by Crippen LogP contribution is 2.19. The Hall–Kier alpha value is -2.62. The molecule has 0 heterocycles. The van der Waals surface area contributed by atoms with Gasteiger partial charge in [-0.2, -0.15) is 0 Å². The molecule has 0 aliphatic rings. The number of benzene rings is 2. The molecule has 0 unspecified atom stereocenters. The van der Waals surface area contributed by atoms with Gasteiger partial charge in [0, 0.05) is 12.2 Å². The van der Waals surface area contributed by atoms with Crippen molar-refractivity contribution in [3.8, 4) is 0 Å². The van der Waals surface area contributed by atoms with Crippen LogP contribution in [0.25, 0.3) is 0 Å². The maximum absolute atomic E-state index is 12.2. The van der Waals surface area contributed by atoms with Gasteiger partial charge in [-0.15, -0.1) is 0 Å². The first-order valence-electron chi connectivity index (χ1n) is 7.61. The second-order valence-electron chi connectivity index (χ2n) is 5.75. The lowest BCUT2D eigenvalue weighted by atomic mass is 10.1. The number of carbonyl (C=O) groups excluding carboxylic acids is 2. The standard InChI is InChI=1S/C19H22N2O2/c1-14-7-4-5-10-17(14)11-21(13-22)12-18(23)20-19-15(2)8-6-9-16(19)3/h4-10,13H,11-12H2,1-3H3,(H,20,23). The molecule has 0 aliphatic heterocycles. The lowest BCUT2D eigenvalue weighted by Gasteiger charge is -2.19. The second-order valence-corrected chi connectivity index (χ2v) is 5.75. The minimum Gasteiger partial charge on any atom is -0.332 e. The van der Waals surface area contributed by atoms with Gasteiger partial charge in [-0.05, 0) is 43.0 Å². The van der Waals surface area contributed by atoms with Gasteiger partial charge in [-0.25, -0.2) is 0 Å². The Kier molecular flexibility index (Phi) is 5.52. The molecule has 0 bridgehead atoms. The molecule has 2 aromatic carbocycles. The van der Waals surface area contributed by atoms with E-state index in [-0.39, 0.29) is 12.5 Å². The lowest BCUT2D eigenvalue weighted by molar-refractivity contribution is -0.125. The van der Waals surface area contributed by atoms with Crippen LogP contribution in [0.4, 0.5) is 5.69 Å². The predicted molar refractivity (Wildman–Crippen MR) is 92.2 cm³/mol. The largest absolute Gasteiger partial charge is 0.332 e. The topological polar surface area (TPSA) is 49.4 Å². The summed E-state index contributed by atoms with van der Waals surface area (Å²) >= 11 is 0. The van der Waals surface area contributed by atoms with Gasteiger partial charge < -0.3 is 10.2 Å². The molecular weight excluding hydrogens is 288 g/mol. The van der Waals surface area contributed by atoms with Crippen LogP contribution in [0.15, 0.2) is 42.5 Å². The van der Waals surface area contributed by atoms with E-state index >= 15 is 0 Å². The Morgan fingerprint density at radius 3 is 2.22 bits per heavy atom. The van der Waals surface area contributed by atoms with Gasteiger partial charge in [0.05, 0.1) is 6.54 Å². The molecule has 0 atom stereocenters. The number of aryl methyl sites for hydroxylation is 3. The van der Waals surface area contributed by atoms with E-state index < -0.39 is 0 Å². The minimum absolute atomic E-state index is 0.0333. The van der Waals surface area contributed by atoms with E-state index in [9.17, 15) is 9.59 Å². The summed E-state index contributed by atoms with van der Waals surface area (Å²) in [6.45, 7) is 6.36. The van der Waals surface area contributed by atoms with Crippen molar-refractivity contribution in [2.75, 3.05) is 11.9 Å². The predicted octanol–water partition coefficient (Wildman–Crippen LogP) is 3.21. The number of rotatable bonds is 6. The summed E-state index contributed by atoms with van der Waals surface area (Å²) in [5.41, 5.74) is 4.98. The number of para-hydroxylation sites is 1. The van der Waals surface area contributed by atoms with Gasteiger partial charge in [-0.1, -0.05) is 42.5 Å². The van der Waals surface area contributed by atoms with Gasteiger partial charge in [0.15, 0.2) is 0 Å². The van der Waals surface area contributed by atoms with Crippen molar-refractivity contribution in [2.45, 2.75) is 27.3 Å². The molecule has 0 saturated heterocycles. The molecule has 2 amide bonds. The molecule has 0 saturated carbocycles. The molecule has 2 aromatic rings. The molecule has 0 aliphatic carbocycles. The zero-order chi connectivity index (χ0) is 16.8. The summed E-state index contributed by atoms with van der Waals surface area (Å²) in [4.78, 5) is 25.0. The molecule has 4 heteroatoms. The summed E-state index contributed by atoms with van der Waals surface area (Å²) in [5.74, 6) is -0.192. The third kappa shape index (κ3) is 4.42. The molecular formula is C19H22N2O2. The fraction of sp³-hybridized carbons (Fsp3) is 0.263. The number of anilines is 1. The summed E-state index contributed by atoms with van der Waals surface area (Å²) in [5, 5.41) is 2.90. The molecule has 0 aromatic heterocycles. The van der Waals surface area contributed by atoms with Crippen LogP contribution in [0, 0.1) is 20.8 Å². The first kappa shape index (κ1) is 16.7. The van der Waals surface area contributed by atoms with Crippen LogP contribution in [-0.2, 0) is 16.1 Å². The summed E-state index contributed by atoms with van der Waals surface area (Å²) in [7, 11) is 0. The lowest BCUT2D eigenvalue weighted by Crippen LogP contribution is -2.32. The van der Waals surface area contributed by atoms with Gasteiger partial charge in [0.2, 0.25) is 12.3 Å². The maximum Gasteiger partial charge on any atom is 0.244 e. The monoisotopic (exact) mass is 310 g/mol. The van der Waals surface area contributed by atoms with Gasteiger partial charge in [0.25, 0.3) is 0 Å². The zero-order valence-corrected chi connectivity index (χ0v) is 13.8. The third-order valence-corrected chi connectivity index (χ3v) is 3.88. The Bertz CT molecular complexity index is 690. The quantitative estimate of drug-likeness (QED) is 0.833. The molecule has 2 rings (SSSR count). The smallest absolute Gasteiger partial charge is 0.244 e. The number of nitrogens with zero attached hydrogens (tertiary/aromatic N) is 1. The summed E-state index contributed by atoms with van der Waals surface area (Å²) < 4.78 is 0. The molecule has 120 valence electrons. The van der Waals surface area contributed by atoms with Crippen LogP contribution < -0.4 is 5.32 Å². The average molecular weight is 310 g/mol. The van der Waals surface area contributed by atoms with Crippen molar-refractivity contribution in [1.82, 2.24) is 4.90 Å². The maximum atomic E-state index is 12.2. The number of carbonyl (C=O) groups is 2. The summed E-state index contributed by atoms with van der Waals surface area (Å²) in [6, 6.07) is 13.7. The molecule has 23 heavy (non-hydrogen) atoms. The average Bonchev–Trinajstić information content (AvgIpc) is 2.52. The second kappa shape index (κ2) is 7.58. The van der Waals surface area contributed by atoms with Crippen molar-refractivity contribution in [3.05, 3.63) is 64.7 Å². The van der Waals surface area contributed by atoms with Crippen molar-refractivity contribution in [1.29, 1.82) is 0 Å². The van der Waals surface area contributed by atoms with E-state index in [1.807, 2.05) is 63.2 Å². The Morgan fingerprint density at radius 1 is 1.00 bits per heavy atom. The van der Waals surface area contributed by atoms with Crippen LogP contribution >= 0.6 is 0 Å². The van der Waals surface area contributed by atoms with E-state index in [0.29, 0.717) is 6.54 Å². The minimum atomic E-state index is -0.192. The number of amides is 2. The molecule has 0 fully saturated rings. The third-order valence-electron chi connectivity index (χ3n) is 3.88. The van der Waals surface area contributed by atoms with Crippen LogP contribution in [0.5, 0.6) is 0 Å². The SMILES string of the molecule is Cc1ccccc1CN(C=O)CC(=O)Nc1c(C)cccc1C. The van der Waals surface area contributed by atoms with Crippen molar-refractivity contribution < 1.29 is 9.59 Å². The van der Waals surface area contributed by atoms with E-state index in [1.54, 1.807) is 0 Å². The fourth-order valence-electron chi connectivity index (χ4n) is 2.51. The van der Waals surface area contributed by atoms with Crippen molar-refractivity contribution in [3.63, 3.8) is 0 Å². The van der Waals surface area contributed by atoms with Gasteiger partial charge in [0.1, 0.15) is 0 Å². The van der Waals surface area contributed by atoms with Crippen LogP contribution in [-0.4, -0.2) is 23.8 Å². The molecule has 0 radical (unpaired) electrons. The van der Waals surface area contributed by atoms with Crippen molar-refractivity contribution in [2.24, 2.45) is 0 Å². The van der Waals surface area contributed by atoms with Gasteiger partial charge in [-0.3, -0.25) is 9.59 Å². The van der Waals surface area contributed by atoms with Crippen molar-refractivity contribution >= 4 is 18.0 Å². The van der Waals surface area contributed by atoms with Gasteiger partial charge >= 0.3 is 0 Å². The first-order chi connectivity index (χ1) is 11.0.